The number of fused-ring (bicyclic) bond motifs is 2. The molecule has 0 radical (unpaired) electrons. The van der Waals surface area contributed by atoms with Crippen LogP contribution in [0.4, 0.5) is 0 Å². The van der Waals surface area contributed by atoms with Crippen LogP contribution in [0.25, 0.3) is 6.08 Å². The van der Waals surface area contributed by atoms with Gasteiger partial charge in [-0.25, -0.2) is 0 Å². The topological polar surface area (TPSA) is 57.2 Å². The van der Waals surface area contributed by atoms with Gasteiger partial charge in [-0.05, 0) is 54.6 Å². The lowest BCUT2D eigenvalue weighted by molar-refractivity contribution is 0.0956. The van der Waals surface area contributed by atoms with Crippen molar-refractivity contribution in [1.82, 2.24) is 4.90 Å². The number of hydrogen-bond acceptors (Lipinski definition) is 7. The lowest BCUT2D eigenvalue weighted by Crippen LogP contribution is -2.34. The highest BCUT2D eigenvalue weighted by atomic mass is 32.1. The van der Waals surface area contributed by atoms with Crippen LogP contribution < -0.4 is 18.9 Å². The fourth-order valence-corrected chi connectivity index (χ4v) is 4.96. The molecule has 1 aromatic heterocycles. The lowest BCUT2D eigenvalue weighted by atomic mass is 10.00. The number of ketones is 1. The third kappa shape index (κ3) is 4.10. The molecule has 0 saturated heterocycles. The maximum atomic E-state index is 13.2. The number of benzene rings is 2. The fourth-order valence-electron chi connectivity index (χ4n) is 4.26. The van der Waals surface area contributed by atoms with Gasteiger partial charge in [0.2, 0.25) is 5.78 Å². The van der Waals surface area contributed by atoms with E-state index < -0.39 is 0 Å². The largest absolute Gasteiger partial charge is 0.493 e. The molecule has 2 aliphatic heterocycles. The average Bonchev–Trinajstić information content (AvgIpc) is 3.46. The minimum atomic E-state index is -0.124. The van der Waals surface area contributed by atoms with Crippen molar-refractivity contribution in [2.24, 2.45) is 0 Å². The number of hydrogen-bond donors (Lipinski definition) is 0. The molecule has 3 heterocycles. The molecule has 2 aromatic carbocycles. The monoisotopic (exact) mass is 463 g/mol. The van der Waals surface area contributed by atoms with E-state index in [2.05, 4.69) is 22.4 Å². The highest BCUT2D eigenvalue weighted by molar-refractivity contribution is 7.09. The number of Topliss-reactive ketones (excluding diaryl/α,β-unsaturated/α-hetero) is 1. The number of methoxy groups -OCH3 is 2. The van der Waals surface area contributed by atoms with Gasteiger partial charge in [-0.2, -0.15) is 0 Å². The van der Waals surface area contributed by atoms with Crippen molar-refractivity contribution in [3.8, 4) is 23.0 Å². The molecule has 7 heteroatoms. The molecule has 0 spiro atoms. The van der Waals surface area contributed by atoms with Gasteiger partial charge in [0.1, 0.15) is 18.2 Å². The van der Waals surface area contributed by atoms with E-state index >= 15 is 0 Å². The summed E-state index contributed by atoms with van der Waals surface area (Å²) in [5, 5.41) is 2.10. The van der Waals surface area contributed by atoms with Crippen LogP contribution in [0.2, 0.25) is 0 Å². The summed E-state index contributed by atoms with van der Waals surface area (Å²) >= 11 is 1.77. The van der Waals surface area contributed by atoms with Crippen molar-refractivity contribution in [3.63, 3.8) is 0 Å². The highest BCUT2D eigenvalue weighted by Gasteiger charge is 2.33. The van der Waals surface area contributed by atoms with Crippen LogP contribution in [-0.2, 0) is 13.0 Å². The van der Waals surface area contributed by atoms with E-state index in [1.54, 1.807) is 37.7 Å². The Morgan fingerprint density at radius 2 is 1.97 bits per heavy atom. The average molecular weight is 464 g/mol. The second-order valence-electron chi connectivity index (χ2n) is 8.08. The van der Waals surface area contributed by atoms with E-state index in [4.69, 9.17) is 18.9 Å². The number of allylic oxidation sites excluding steroid dienone is 1. The zero-order valence-electron chi connectivity index (χ0n) is 18.8. The third-order valence-electron chi connectivity index (χ3n) is 5.96. The molecule has 0 unspecified atom stereocenters. The van der Waals surface area contributed by atoms with Crippen molar-refractivity contribution in [2.45, 2.75) is 19.9 Å². The Labute approximate surface area is 197 Å². The molecule has 3 aromatic rings. The first-order valence-corrected chi connectivity index (χ1v) is 11.7. The number of ether oxygens (including phenoxy) is 4. The molecule has 0 amide bonds. The molecule has 0 N–H and O–H groups in total. The van der Waals surface area contributed by atoms with Gasteiger partial charge in [-0.3, -0.25) is 9.69 Å². The van der Waals surface area contributed by atoms with E-state index in [1.807, 2.05) is 25.1 Å². The number of carbonyl (C=O) groups is 1. The summed E-state index contributed by atoms with van der Waals surface area (Å²) in [6, 6.07) is 11.6. The molecule has 0 fully saturated rings. The van der Waals surface area contributed by atoms with Crippen LogP contribution in [0.3, 0.4) is 0 Å². The molecule has 0 saturated carbocycles. The summed E-state index contributed by atoms with van der Waals surface area (Å²) in [6.45, 7) is 4.13. The minimum Gasteiger partial charge on any atom is -0.493 e. The highest BCUT2D eigenvalue weighted by Crippen LogP contribution is 2.43. The summed E-state index contributed by atoms with van der Waals surface area (Å²) < 4.78 is 22.8. The predicted octanol–water partition coefficient (Wildman–Crippen LogP) is 5.08. The van der Waals surface area contributed by atoms with Crippen LogP contribution in [0.15, 0.2) is 47.5 Å². The van der Waals surface area contributed by atoms with E-state index in [0.29, 0.717) is 29.5 Å². The minimum absolute atomic E-state index is 0.124. The Balaban J connectivity index is 1.38. The van der Waals surface area contributed by atoms with E-state index in [0.717, 1.165) is 42.0 Å². The van der Waals surface area contributed by atoms with Crippen molar-refractivity contribution in [2.75, 3.05) is 27.5 Å². The Morgan fingerprint density at radius 3 is 2.73 bits per heavy atom. The number of thiophene rings is 1. The van der Waals surface area contributed by atoms with Crippen LogP contribution in [0.1, 0.15) is 31.9 Å². The number of rotatable bonds is 6. The SMILES string of the molecule is COc1ccc(/C=C2\Oc3c(cc4c(c3C)OCN(CCc3cccs3)C4)C2=O)cc1OC. The molecule has 5 rings (SSSR count). The molecule has 6 nitrogen and oxygen atoms in total. The lowest BCUT2D eigenvalue weighted by Gasteiger charge is -2.30. The zero-order valence-corrected chi connectivity index (χ0v) is 19.7. The summed E-state index contributed by atoms with van der Waals surface area (Å²) in [4.78, 5) is 16.8. The van der Waals surface area contributed by atoms with Gasteiger partial charge in [0.25, 0.3) is 0 Å². The summed E-state index contributed by atoms with van der Waals surface area (Å²) in [7, 11) is 3.17. The van der Waals surface area contributed by atoms with Gasteiger partial charge >= 0.3 is 0 Å². The van der Waals surface area contributed by atoms with Gasteiger partial charge < -0.3 is 18.9 Å². The maximum Gasteiger partial charge on any atom is 0.231 e. The van der Waals surface area contributed by atoms with Gasteiger partial charge in [-0.15, -0.1) is 11.3 Å². The van der Waals surface area contributed by atoms with Gasteiger partial charge in [0, 0.05) is 29.1 Å². The summed E-state index contributed by atoms with van der Waals surface area (Å²) in [5.74, 6) is 2.79. The standard InChI is InChI=1S/C26H25NO5S/c1-16-25-18(14-27(15-31-25)9-8-19-5-4-10-33-19)13-20-24(28)23(32-26(16)20)12-17-6-7-21(29-2)22(11-17)30-3/h4-7,10-13H,8-9,14-15H2,1-3H3/b23-12-. The quantitative estimate of drug-likeness (QED) is 0.475. The molecule has 0 bridgehead atoms. The molecule has 2 aliphatic rings. The zero-order chi connectivity index (χ0) is 22.9. The van der Waals surface area contributed by atoms with Gasteiger partial charge in [0.15, 0.2) is 17.3 Å². The maximum absolute atomic E-state index is 13.2. The third-order valence-corrected chi connectivity index (χ3v) is 6.90. The molecular formula is C26H25NO5S. The Bertz CT molecular complexity index is 1230. The molecule has 33 heavy (non-hydrogen) atoms. The first-order valence-electron chi connectivity index (χ1n) is 10.8. The smallest absolute Gasteiger partial charge is 0.231 e. The van der Waals surface area contributed by atoms with Crippen LogP contribution in [0, 0.1) is 6.92 Å². The summed E-state index contributed by atoms with van der Waals surface area (Å²) in [6.07, 6.45) is 2.72. The van der Waals surface area contributed by atoms with Gasteiger partial charge in [-0.1, -0.05) is 12.1 Å². The van der Waals surface area contributed by atoms with Gasteiger partial charge in [0.05, 0.1) is 19.8 Å². The van der Waals surface area contributed by atoms with Crippen molar-refractivity contribution in [3.05, 3.63) is 74.7 Å². The second kappa shape index (κ2) is 8.92. The summed E-state index contributed by atoms with van der Waals surface area (Å²) in [5.41, 5.74) is 3.27. The Morgan fingerprint density at radius 1 is 1.12 bits per heavy atom. The normalized spacial score (nSPS) is 16.2. The molecule has 170 valence electrons. The molecule has 0 atom stereocenters. The molecule has 0 aliphatic carbocycles. The first kappa shape index (κ1) is 21.6. The van der Waals surface area contributed by atoms with E-state index in [-0.39, 0.29) is 11.5 Å². The Kier molecular flexibility index (Phi) is 5.83. The van der Waals surface area contributed by atoms with E-state index in [9.17, 15) is 4.79 Å². The van der Waals surface area contributed by atoms with Crippen LogP contribution in [0.5, 0.6) is 23.0 Å². The number of nitrogens with zero attached hydrogens (tertiary/aromatic N) is 1. The second-order valence-corrected chi connectivity index (χ2v) is 9.11. The number of carbonyl (C=O) groups excluding carboxylic acids is 1. The van der Waals surface area contributed by atoms with Crippen molar-refractivity contribution < 1.29 is 23.7 Å². The molecular weight excluding hydrogens is 438 g/mol. The first-order chi connectivity index (χ1) is 16.1. The van der Waals surface area contributed by atoms with Crippen molar-refractivity contribution in [1.29, 1.82) is 0 Å². The Hall–Kier alpha value is -3.29. The van der Waals surface area contributed by atoms with E-state index in [1.165, 1.54) is 4.88 Å². The van der Waals surface area contributed by atoms with Crippen LogP contribution >= 0.6 is 11.3 Å². The van der Waals surface area contributed by atoms with Crippen LogP contribution in [-0.4, -0.2) is 38.2 Å². The predicted molar refractivity (Wildman–Crippen MR) is 128 cm³/mol. The fraction of sp³-hybridized carbons (Fsp3) is 0.269. The van der Waals surface area contributed by atoms with Crippen molar-refractivity contribution >= 4 is 23.2 Å².